The molecule has 0 spiro atoms. The molecule has 2 nitrogen and oxygen atoms in total. The van der Waals surface area contributed by atoms with Crippen LogP contribution in [0.15, 0.2) is 0 Å². The summed E-state index contributed by atoms with van der Waals surface area (Å²) in [6, 6.07) is 0. The minimum absolute atomic E-state index is 1.24. The van der Waals surface area contributed by atoms with Gasteiger partial charge < -0.3 is 4.90 Å². The van der Waals surface area contributed by atoms with Gasteiger partial charge in [0, 0.05) is 49.0 Å². The van der Waals surface area contributed by atoms with E-state index in [0.29, 0.717) is 0 Å². The van der Waals surface area contributed by atoms with E-state index in [4.69, 9.17) is 0 Å². The van der Waals surface area contributed by atoms with E-state index in [0.717, 1.165) is 0 Å². The maximum Gasteiger partial charge on any atom is 0.0209 e. The van der Waals surface area contributed by atoms with E-state index in [1.165, 1.54) is 58.4 Å². The Morgan fingerprint density at radius 2 is 1.69 bits per heavy atom. The summed E-state index contributed by atoms with van der Waals surface area (Å²) in [7, 11) is 0. The highest BCUT2D eigenvalue weighted by molar-refractivity contribution is 14.1. The molecule has 0 bridgehead atoms. The summed E-state index contributed by atoms with van der Waals surface area (Å²) in [5, 5.41) is 0. The molecule has 1 heterocycles. The van der Waals surface area contributed by atoms with Gasteiger partial charge in [-0.1, -0.05) is 26.2 Å². The molecule has 1 aliphatic heterocycles. The molecular formula is C10H21IN2. The second-order valence-electron chi connectivity index (χ2n) is 3.81. The third kappa shape index (κ3) is 5.18. The molecule has 0 atom stereocenters. The second kappa shape index (κ2) is 7.01. The van der Waals surface area contributed by atoms with Crippen molar-refractivity contribution in [3.05, 3.63) is 0 Å². The van der Waals surface area contributed by atoms with Gasteiger partial charge in [0.15, 0.2) is 0 Å². The van der Waals surface area contributed by atoms with Crippen molar-refractivity contribution in [3.8, 4) is 0 Å². The number of nitrogens with zero attached hydrogens (tertiary/aromatic N) is 2. The third-order valence-corrected chi connectivity index (χ3v) is 3.61. The molecule has 0 aromatic carbocycles. The van der Waals surface area contributed by atoms with Crippen molar-refractivity contribution in [3.63, 3.8) is 0 Å². The Kier molecular flexibility index (Phi) is 6.32. The number of piperazine rings is 1. The molecule has 3 heteroatoms. The van der Waals surface area contributed by atoms with Gasteiger partial charge in [-0.3, -0.25) is 0 Å². The zero-order valence-electron chi connectivity index (χ0n) is 8.64. The van der Waals surface area contributed by atoms with Crippen molar-refractivity contribution in [2.45, 2.75) is 32.6 Å². The number of rotatable bonds is 5. The third-order valence-electron chi connectivity index (χ3n) is 2.65. The van der Waals surface area contributed by atoms with Crippen LogP contribution >= 0.6 is 22.9 Å². The Bertz CT molecular complexity index is 122. The number of halogens is 1. The van der Waals surface area contributed by atoms with E-state index in [-0.39, 0.29) is 0 Å². The minimum atomic E-state index is 1.24. The van der Waals surface area contributed by atoms with Gasteiger partial charge in [0.1, 0.15) is 0 Å². The van der Waals surface area contributed by atoms with Crippen LogP contribution in [-0.2, 0) is 0 Å². The van der Waals surface area contributed by atoms with E-state index in [2.05, 4.69) is 37.8 Å². The van der Waals surface area contributed by atoms with Crippen molar-refractivity contribution >= 4 is 22.9 Å². The SMILES string of the molecule is CCCCCCN1CCN(I)CC1. The highest BCUT2D eigenvalue weighted by Crippen LogP contribution is 2.08. The zero-order chi connectivity index (χ0) is 9.52. The Balaban J connectivity index is 1.96. The first-order valence-corrected chi connectivity index (χ1v) is 6.42. The van der Waals surface area contributed by atoms with E-state index in [9.17, 15) is 0 Å². The summed E-state index contributed by atoms with van der Waals surface area (Å²) in [5.41, 5.74) is 0. The fourth-order valence-corrected chi connectivity index (χ4v) is 2.14. The Labute approximate surface area is 96.2 Å². The van der Waals surface area contributed by atoms with Gasteiger partial charge in [0.2, 0.25) is 0 Å². The predicted octanol–water partition coefficient (Wildman–Crippen LogP) is 2.53. The molecule has 0 aromatic heterocycles. The molecule has 0 aliphatic carbocycles. The predicted molar refractivity (Wildman–Crippen MR) is 66.2 cm³/mol. The van der Waals surface area contributed by atoms with Gasteiger partial charge in [0.05, 0.1) is 0 Å². The zero-order valence-corrected chi connectivity index (χ0v) is 10.8. The second-order valence-corrected chi connectivity index (χ2v) is 5.18. The maximum absolute atomic E-state index is 2.60. The molecule has 0 radical (unpaired) electrons. The van der Waals surface area contributed by atoms with Gasteiger partial charge in [-0.15, -0.1) is 0 Å². The Morgan fingerprint density at radius 1 is 1.00 bits per heavy atom. The van der Waals surface area contributed by atoms with Crippen LogP contribution in [0, 0.1) is 0 Å². The Morgan fingerprint density at radius 3 is 2.31 bits per heavy atom. The van der Waals surface area contributed by atoms with Gasteiger partial charge in [-0.05, 0) is 13.0 Å². The molecule has 1 rings (SSSR count). The molecule has 0 saturated carbocycles. The topological polar surface area (TPSA) is 6.48 Å². The molecule has 13 heavy (non-hydrogen) atoms. The van der Waals surface area contributed by atoms with Crippen LogP contribution < -0.4 is 0 Å². The number of hydrogen-bond donors (Lipinski definition) is 0. The van der Waals surface area contributed by atoms with Gasteiger partial charge in [-0.2, -0.15) is 0 Å². The average molecular weight is 296 g/mol. The van der Waals surface area contributed by atoms with Crippen LogP contribution in [-0.4, -0.2) is 40.7 Å². The summed E-state index contributed by atoms with van der Waals surface area (Å²) in [4.78, 5) is 2.60. The first kappa shape index (κ1) is 11.7. The monoisotopic (exact) mass is 296 g/mol. The molecule has 0 amide bonds. The fourth-order valence-electron chi connectivity index (χ4n) is 1.71. The minimum Gasteiger partial charge on any atom is -0.301 e. The van der Waals surface area contributed by atoms with Gasteiger partial charge in [-0.25, -0.2) is 3.11 Å². The van der Waals surface area contributed by atoms with E-state index >= 15 is 0 Å². The molecule has 1 fully saturated rings. The van der Waals surface area contributed by atoms with Crippen molar-refractivity contribution in [1.82, 2.24) is 8.01 Å². The summed E-state index contributed by atoms with van der Waals surface area (Å²) in [5.74, 6) is 0. The standard InChI is InChI=1S/C10H21IN2/c1-2-3-4-5-6-12-7-9-13(11)10-8-12/h2-10H2,1H3. The van der Waals surface area contributed by atoms with Crippen molar-refractivity contribution in [2.24, 2.45) is 0 Å². The maximum atomic E-state index is 2.60. The average Bonchev–Trinajstić information content (AvgIpc) is 2.15. The molecule has 0 aromatic rings. The van der Waals surface area contributed by atoms with E-state index in [1.54, 1.807) is 0 Å². The van der Waals surface area contributed by atoms with Crippen LogP contribution in [0.25, 0.3) is 0 Å². The lowest BCUT2D eigenvalue weighted by atomic mass is 10.2. The molecule has 1 saturated heterocycles. The van der Waals surface area contributed by atoms with Gasteiger partial charge in [0.25, 0.3) is 0 Å². The quantitative estimate of drug-likeness (QED) is 0.437. The summed E-state index contributed by atoms with van der Waals surface area (Å²) in [6.07, 6.45) is 5.57. The lowest BCUT2D eigenvalue weighted by Crippen LogP contribution is -2.42. The largest absolute Gasteiger partial charge is 0.301 e. The molecule has 0 unspecified atom stereocenters. The Hall–Kier alpha value is 0.650. The smallest absolute Gasteiger partial charge is 0.0209 e. The number of unbranched alkanes of at least 4 members (excludes halogenated alkanes) is 3. The summed E-state index contributed by atoms with van der Waals surface area (Å²) >= 11 is 2.42. The normalized spacial score (nSPS) is 20.8. The lowest BCUT2D eigenvalue weighted by molar-refractivity contribution is 0.202. The lowest BCUT2D eigenvalue weighted by Gasteiger charge is -2.30. The van der Waals surface area contributed by atoms with Crippen molar-refractivity contribution < 1.29 is 0 Å². The highest BCUT2D eigenvalue weighted by Gasteiger charge is 2.13. The van der Waals surface area contributed by atoms with Gasteiger partial charge >= 0.3 is 0 Å². The fraction of sp³-hybridized carbons (Fsp3) is 1.00. The van der Waals surface area contributed by atoms with Crippen LogP contribution in [0.3, 0.4) is 0 Å². The van der Waals surface area contributed by atoms with Crippen LogP contribution in [0.4, 0.5) is 0 Å². The van der Waals surface area contributed by atoms with E-state index < -0.39 is 0 Å². The molecule has 0 N–H and O–H groups in total. The van der Waals surface area contributed by atoms with Crippen molar-refractivity contribution in [2.75, 3.05) is 32.7 Å². The van der Waals surface area contributed by atoms with Crippen LogP contribution in [0.5, 0.6) is 0 Å². The number of hydrogen-bond acceptors (Lipinski definition) is 2. The highest BCUT2D eigenvalue weighted by atomic mass is 127. The van der Waals surface area contributed by atoms with Crippen molar-refractivity contribution in [1.29, 1.82) is 0 Å². The molecule has 78 valence electrons. The first-order valence-electron chi connectivity index (χ1n) is 5.46. The first-order chi connectivity index (χ1) is 6.33. The van der Waals surface area contributed by atoms with Crippen LogP contribution in [0.1, 0.15) is 32.6 Å². The molecule has 1 aliphatic rings. The summed E-state index contributed by atoms with van der Waals surface area (Å²) < 4.78 is 2.39. The van der Waals surface area contributed by atoms with E-state index in [1.807, 2.05) is 0 Å². The van der Waals surface area contributed by atoms with Crippen LogP contribution in [0.2, 0.25) is 0 Å². The molecular weight excluding hydrogens is 275 g/mol. The summed E-state index contributed by atoms with van der Waals surface area (Å²) in [6.45, 7) is 8.63.